The molecule has 2 N–H and O–H groups in total. The second-order valence-electron chi connectivity index (χ2n) is 5.92. The van der Waals surface area contributed by atoms with E-state index in [0.29, 0.717) is 19.8 Å². The van der Waals surface area contributed by atoms with Crippen molar-refractivity contribution in [1.29, 1.82) is 0 Å². The van der Waals surface area contributed by atoms with E-state index in [1.54, 1.807) is 6.33 Å². The first-order valence-electron chi connectivity index (χ1n) is 8.83. The zero-order valence-electron chi connectivity index (χ0n) is 15.0. The first-order valence-corrected chi connectivity index (χ1v) is 8.83. The van der Waals surface area contributed by atoms with Gasteiger partial charge in [0.1, 0.15) is 12.2 Å². The van der Waals surface area contributed by atoms with E-state index in [-0.39, 0.29) is 12.1 Å². The number of ether oxygens (including phenoxy) is 2. The molecule has 1 aliphatic heterocycles. The molecule has 0 bridgehead atoms. The summed E-state index contributed by atoms with van der Waals surface area (Å²) in [5.74, 6) is 1.80. The Morgan fingerprint density at radius 1 is 1.54 bits per heavy atom. The van der Waals surface area contributed by atoms with Crippen molar-refractivity contribution in [2.45, 2.75) is 52.3 Å². The lowest BCUT2D eigenvalue weighted by Gasteiger charge is -2.19. The Bertz CT molecular complexity index is 499. The van der Waals surface area contributed by atoms with Gasteiger partial charge in [-0.15, -0.1) is 10.2 Å². The van der Waals surface area contributed by atoms with Crippen molar-refractivity contribution < 1.29 is 9.47 Å². The van der Waals surface area contributed by atoms with Crippen LogP contribution < -0.4 is 10.6 Å². The maximum Gasteiger partial charge on any atom is 0.191 e. The molecule has 0 spiro atoms. The molecular weight excluding hydrogens is 308 g/mol. The van der Waals surface area contributed by atoms with Crippen LogP contribution in [0.5, 0.6) is 0 Å². The van der Waals surface area contributed by atoms with Gasteiger partial charge in [-0.2, -0.15) is 0 Å². The highest BCUT2D eigenvalue weighted by atomic mass is 16.5. The molecule has 8 nitrogen and oxygen atoms in total. The van der Waals surface area contributed by atoms with Gasteiger partial charge in [-0.1, -0.05) is 6.92 Å². The minimum Gasteiger partial charge on any atom is -0.379 e. The predicted octanol–water partition coefficient (Wildman–Crippen LogP) is 0.590. The molecule has 1 aliphatic rings. The standard InChI is InChI=1S/C16H30N6O2/c1-4-15-21-19-12-22(15)8-7-18-16(17-5-2)20-13(3)10-24-14-6-9-23-11-14/h12-14H,4-11H2,1-3H3,(H2,17,18,20). The fourth-order valence-electron chi connectivity index (χ4n) is 2.53. The summed E-state index contributed by atoms with van der Waals surface area (Å²) >= 11 is 0. The topological polar surface area (TPSA) is 85.6 Å². The molecular formula is C16H30N6O2. The zero-order chi connectivity index (χ0) is 17.2. The molecule has 24 heavy (non-hydrogen) atoms. The summed E-state index contributed by atoms with van der Waals surface area (Å²) < 4.78 is 13.2. The maximum atomic E-state index is 5.85. The Balaban J connectivity index is 1.76. The number of aryl methyl sites for hydroxylation is 1. The lowest BCUT2D eigenvalue weighted by Crippen LogP contribution is -2.44. The summed E-state index contributed by atoms with van der Waals surface area (Å²) in [6.45, 7) is 10.7. The van der Waals surface area contributed by atoms with Crippen molar-refractivity contribution in [3.63, 3.8) is 0 Å². The lowest BCUT2D eigenvalue weighted by molar-refractivity contribution is 0.0347. The Morgan fingerprint density at radius 3 is 3.12 bits per heavy atom. The molecule has 2 atom stereocenters. The lowest BCUT2D eigenvalue weighted by atomic mass is 10.3. The second kappa shape index (κ2) is 10.2. The SMILES string of the molecule is CCNC(=NCCn1cnnc1CC)NC(C)COC1CCOC1. The van der Waals surface area contributed by atoms with Crippen molar-refractivity contribution >= 4 is 5.96 Å². The Hall–Kier alpha value is -1.67. The van der Waals surface area contributed by atoms with Gasteiger partial charge in [0.2, 0.25) is 0 Å². The monoisotopic (exact) mass is 338 g/mol. The molecule has 1 saturated heterocycles. The quantitative estimate of drug-likeness (QED) is 0.506. The molecule has 1 fully saturated rings. The van der Waals surface area contributed by atoms with Gasteiger partial charge in [0.05, 0.1) is 25.9 Å². The van der Waals surface area contributed by atoms with Gasteiger partial charge in [0.15, 0.2) is 5.96 Å². The van der Waals surface area contributed by atoms with E-state index < -0.39 is 0 Å². The van der Waals surface area contributed by atoms with Gasteiger partial charge < -0.3 is 24.7 Å². The van der Waals surface area contributed by atoms with Crippen molar-refractivity contribution in [3.8, 4) is 0 Å². The number of hydrogen-bond acceptors (Lipinski definition) is 5. The van der Waals surface area contributed by atoms with Gasteiger partial charge in [-0.05, 0) is 20.3 Å². The van der Waals surface area contributed by atoms with Gasteiger partial charge >= 0.3 is 0 Å². The number of nitrogens with one attached hydrogen (secondary N) is 2. The summed E-state index contributed by atoms with van der Waals surface area (Å²) in [6, 6.07) is 0.185. The normalized spacial score (nSPS) is 19.5. The molecule has 1 aromatic rings. The zero-order valence-corrected chi connectivity index (χ0v) is 15.0. The van der Waals surface area contributed by atoms with Crippen molar-refractivity contribution in [1.82, 2.24) is 25.4 Å². The van der Waals surface area contributed by atoms with Crippen LogP contribution in [-0.2, 0) is 22.4 Å². The molecule has 2 unspecified atom stereocenters. The van der Waals surface area contributed by atoms with Crippen LogP contribution >= 0.6 is 0 Å². The molecule has 2 rings (SSSR count). The van der Waals surface area contributed by atoms with Crippen LogP contribution in [0.25, 0.3) is 0 Å². The molecule has 2 heterocycles. The van der Waals surface area contributed by atoms with Crippen molar-refractivity contribution in [3.05, 3.63) is 12.2 Å². The third-order valence-corrected chi connectivity index (χ3v) is 3.82. The van der Waals surface area contributed by atoms with E-state index >= 15 is 0 Å². The van der Waals surface area contributed by atoms with Crippen LogP contribution in [0.4, 0.5) is 0 Å². The Labute approximate surface area is 144 Å². The summed E-state index contributed by atoms with van der Waals surface area (Å²) in [5, 5.41) is 14.7. The maximum absolute atomic E-state index is 5.85. The molecule has 0 amide bonds. The molecule has 136 valence electrons. The van der Waals surface area contributed by atoms with Crippen molar-refractivity contribution in [2.75, 3.05) is 32.9 Å². The predicted molar refractivity (Wildman–Crippen MR) is 93.2 cm³/mol. The molecule has 0 aromatic carbocycles. The third kappa shape index (κ3) is 6.09. The van der Waals surface area contributed by atoms with E-state index in [1.165, 1.54) is 0 Å². The highest BCUT2D eigenvalue weighted by Crippen LogP contribution is 2.08. The van der Waals surface area contributed by atoms with Crippen LogP contribution in [0.3, 0.4) is 0 Å². The second-order valence-corrected chi connectivity index (χ2v) is 5.92. The van der Waals surface area contributed by atoms with Crippen molar-refractivity contribution in [2.24, 2.45) is 4.99 Å². The average Bonchev–Trinajstić information content (AvgIpc) is 3.24. The summed E-state index contributed by atoms with van der Waals surface area (Å²) in [7, 11) is 0. The van der Waals surface area contributed by atoms with Crippen LogP contribution in [0.2, 0.25) is 0 Å². The third-order valence-electron chi connectivity index (χ3n) is 3.82. The van der Waals surface area contributed by atoms with Crippen LogP contribution in [-0.4, -0.2) is 65.8 Å². The fourth-order valence-corrected chi connectivity index (χ4v) is 2.53. The van der Waals surface area contributed by atoms with E-state index in [4.69, 9.17) is 9.47 Å². The van der Waals surface area contributed by atoms with E-state index in [2.05, 4.69) is 46.6 Å². The Morgan fingerprint density at radius 2 is 2.42 bits per heavy atom. The van der Waals surface area contributed by atoms with Crippen LogP contribution in [0.1, 0.15) is 33.0 Å². The average molecular weight is 338 g/mol. The van der Waals surface area contributed by atoms with Crippen LogP contribution in [0.15, 0.2) is 11.3 Å². The highest BCUT2D eigenvalue weighted by Gasteiger charge is 2.17. The Kier molecular flexibility index (Phi) is 7.97. The minimum atomic E-state index is 0.185. The highest BCUT2D eigenvalue weighted by molar-refractivity contribution is 5.80. The summed E-state index contributed by atoms with van der Waals surface area (Å²) in [4.78, 5) is 4.62. The minimum absolute atomic E-state index is 0.185. The number of hydrogen-bond donors (Lipinski definition) is 2. The van der Waals surface area contributed by atoms with E-state index in [9.17, 15) is 0 Å². The van der Waals surface area contributed by atoms with E-state index in [0.717, 1.165) is 44.3 Å². The molecule has 0 radical (unpaired) electrons. The molecule has 1 aromatic heterocycles. The number of rotatable bonds is 9. The summed E-state index contributed by atoms with van der Waals surface area (Å²) in [6.07, 6.45) is 3.85. The number of aromatic nitrogens is 3. The van der Waals surface area contributed by atoms with Gasteiger partial charge in [-0.25, -0.2) is 0 Å². The van der Waals surface area contributed by atoms with Gasteiger partial charge in [0, 0.05) is 32.2 Å². The number of guanidine groups is 1. The first kappa shape index (κ1) is 18.7. The van der Waals surface area contributed by atoms with Gasteiger partial charge in [-0.3, -0.25) is 4.99 Å². The molecule has 0 saturated carbocycles. The van der Waals surface area contributed by atoms with Gasteiger partial charge in [0.25, 0.3) is 0 Å². The number of aliphatic imine (C=N–C) groups is 1. The molecule has 8 heteroatoms. The fraction of sp³-hybridized carbons (Fsp3) is 0.812. The molecule has 0 aliphatic carbocycles. The summed E-state index contributed by atoms with van der Waals surface area (Å²) in [5.41, 5.74) is 0. The largest absolute Gasteiger partial charge is 0.379 e. The smallest absolute Gasteiger partial charge is 0.191 e. The van der Waals surface area contributed by atoms with Crippen LogP contribution in [0, 0.1) is 0 Å². The number of nitrogens with zero attached hydrogens (tertiary/aromatic N) is 4. The van der Waals surface area contributed by atoms with E-state index in [1.807, 2.05) is 4.57 Å². The first-order chi connectivity index (χ1) is 11.7.